The van der Waals surface area contributed by atoms with E-state index in [0.717, 1.165) is 5.57 Å². The van der Waals surface area contributed by atoms with E-state index in [1.54, 1.807) is 32.1 Å². The number of amides is 2. The van der Waals surface area contributed by atoms with Gasteiger partial charge < -0.3 is 15.5 Å². The number of hydrogen-bond donors (Lipinski definition) is 3. The minimum Gasteiger partial charge on any atom is -0.508 e. The zero-order valence-corrected chi connectivity index (χ0v) is 25.0. The van der Waals surface area contributed by atoms with Crippen LogP contribution < -0.4 is 5.32 Å². The third-order valence-electron chi connectivity index (χ3n) is 5.62. The quantitative estimate of drug-likeness (QED) is 0.146. The predicted molar refractivity (Wildman–Crippen MR) is 156 cm³/mol. The van der Waals surface area contributed by atoms with Crippen LogP contribution in [0, 0.1) is 5.92 Å². The monoisotopic (exact) mass is 604 g/mol. The highest BCUT2D eigenvalue weighted by molar-refractivity contribution is 7.93. The van der Waals surface area contributed by atoms with Crippen LogP contribution in [0.25, 0.3) is 0 Å². The fourth-order valence-electron chi connectivity index (χ4n) is 3.80. The van der Waals surface area contributed by atoms with Crippen molar-refractivity contribution >= 4 is 51.0 Å². The Morgan fingerprint density at radius 2 is 1.87 bits per heavy atom. The number of carbonyl (C=O) groups excluding carboxylic acids is 2. The molecule has 218 valence electrons. The summed E-state index contributed by atoms with van der Waals surface area (Å²) in [5.41, 5.74) is 1.23. The Kier molecular flexibility index (Phi) is 16.4. The number of sulfonamides is 1. The first-order valence-corrected chi connectivity index (χ1v) is 14.7. The summed E-state index contributed by atoms with van der Waals surface area (Å²) in [4.78, 5) is 37.6. The second-order valence-electron chi connectivity index (χ2n) is 8.47. The van der Waals surface area contributed by atoms with E-state index in [4.69, 9.17) is 16.7 Å². The minimum atomic E-state index is -4.51. The molecule has 3 N–H and O–H groups in total. The Morgan fingerprint density at radius 1 is 1.26 bits per heavy atom. The van der Waals surface area contributed by atoms with Crippen molar-refractivity contribution in [2.75, 3.05) is 12.9 Å². The molecule has 1 aliphatic carbocycles. The fraction of sp³-hybridized carbons (Fsp3) is 0.444. The van der Waals surface area contributed by atoms with E-state index in [-0.39, 0.29) is 30.1 Å². The van der Waals surface area contributed by atoms with Gasteiger partial charge in [-0.15, -0.1) is 36.4 Å². The maximum atomic E-state index is 13.7. The van der Waals surface area contributed by atoms with E-state index < -0.39 is 51.6 Å². The summed E-state index contributed by atoms with van der Waals surface area (Å²) in [5, 5.41) is 21.5. The second kappa shape index (κ2) is 17.7. The van der Waals surface area contributed by atoms with Gasteiger partial charge in [0.1, 0.15) is 11.8 Å². The van der Waals surface area contributed by atoms with Gasteiger partial charge in [-0.2, -0.15) is 0 Å². The Balaban J connectivity index is 0.00000344. The summed E-state index contributed by atoms with van der Waals surface area (Å²) in [5.74, 6) is -4.01. The molecule has 1 heterocycles. The van der Waals surface area contributed by atoms with Crippen LogP contribution in [0.2, 0.25) is 0 Å². The van der Waals surface area contributed by atoms with E-state index in [0.29, 0.717) is 16.3 Å². The average Bonchev–Trinajstić information content (AvgIpc) is 3.19. The number of alkyl halides is 2. The molecule has 0 spiro atoms. The smallest absolute Gasteiger partial charge is 0.303 e. The molecule has 0 radical (unpaired) electrons. The van der Waals surface area contributed by atoms with E-state index in [2.05, 4.69) is 30.1 Å². The van der Waals surface area contributed by atoms with E-state index >= 15 is 0 Å². The number of nitrogens with zero attached hydrogens (tertiary/aromatic N) is 1. The molecule has 2 amide bonds. The number of aliphatic hydroxyl groups is 1. The van der Waals surface area contributed by atoms with Crippen molar-refractivity contribution in [3.63, 3.8) is 0 Å². The van der Waals surface area contributed by atoms with Crippen LogP contribution in [0.4, 0.5) is 0 Å². The van der Waals surface area contributed by atoms with Crippen LogP contribution >= 0.6 is 23.2 Å². The molecule has 12 heteroatoms. The van der Waals surface area contributed by atoms with Crippen LogP contribution in [0.3, 0.4) is 0 Å². The molecule has 9 nitrogen and oxygen atoms in total. The molecule has 0 aromatic heterocycles. The highest BCUT2D eigenvalue weighted by atomic mass is 35.5. The molecule has 1 saturated heterocycles. The molecule has 1 aliphatic heterocycles. The molecule has 2 aliphatic rings. The highest BCUT2D eigenvalue weighted by Gasteiger charge is 2.45. The van der Waals surface area contributed by atoms with Crippen LogP contribution in [0.1, 0.15) is 46.5 Å². The van der Waals surface area contributed by atoms with E-state index in [1.807, 2.05) is 6.92 Å². The molecule has 0 bridgehead atoms. The topological polar surface area (TPSA) is 141 Å². The standard InChI is InChI=1S/C24H31ClN2O7S.C2H4.CH3Cl/c1-4-21(28)17(12-16(3)25)13-18-14-26-23(31)20(10-11-22(29)30)27(24(18)32)35(33,34)19-7-5-6-15(2)8-9-19;2*1-2/h4-5,7-9,12,16,18,20,28H,6,10-11,13-14H2,1-3H3,(H,26,31)(H,29,30);1-2H2;1H3/b17-12-,21-4+;;. The number of carboxylic acid groups (broad SMARTS) is 1. The molecule has 0 aromatic carbocycles. The van der Waals surface area contributed by atoms with Gasteiger partial charge >= 0.3 is 5.97 Å². The molecule has 0 saturated carbocycles. The first kappa shape index (κ1) is 36.2. The first-order chi connectivity index (χ1) is 18.4. The summed E-state index contributed by atoms with van der Waals surface area (Å²) >= 11 is 10.7. The van der Waals surface area contributed by atoms with Crippen molar-refractivity contribution in [3.05, 3.63) is 71.4 Å². The van der Waals surface area contributed by atoms with Crippen LogP contribution in [-0.4, -0.2) is 65.1 Å². The van der Waals surface area contributed by atoms with Gasteiger partial charge in [0.25, 0.3) is 10.0 Å². The van der Waals surface area contributed by atoms with Crippen molar-refractivity contribution in [2.45, 2.75) is 57.9 Å². The summed E-state index contributed by atoms with van der Waals surface area (Å²) in [6.07, 6.45) is 9.96. The van der Waals surface area contributed by atoms with Gasteiger partial charge in [0, 0.05) is 24.7 Å². The van der Waals surface area contributed by atoms with Crippen LogP contribution in [-0.2, 0) is 24.4 Å². The lowest BCUT2D eigenvalue weighted by Crippen LogP contribution is -2.50. The molecule has 2 rings (SSSR count). The van der Waals surface area contributed by atoms with Gasteiger partial charge in [-0.1, -0.05) is 23.8 Å². The van der Waals surface area contributed by atoms with Gasteiger partial charge in [-0.25, -0.2) is 12.7 Å². The number of carboxylic acids is 1. The van der Waals surface area contributed by atoms with E-state index in [1.165, 1.54) is 24.6 Å². The molecular formula is C27H38Cl2N2O7S. The fourth-order valence-corrected chi connectivity index (χ4v) is 5.61. The summed E-state index contributed by atoms with van der Waals surface area (Å²) in [7, 11) is -4.51. The number of aliphatic hydroxyl groups excluding tert-OH is 1. The van der Waals surface area contributed by atoms with Crippen LogP contribution in [0.5, 0.6) is 0 Å². The zero-order valence-electron chi connectivity index (χ0n) is 22.7. The van der Waals surface area contributed by atoms with Crippen molar-refractivity contribution < 1.29 is 33.0 Å². The number of allylic oxidation sites excluding steroid dienone is 8. The Hall–Kier alpha value is -2.82. The Labute approximate surface area is 241 Å². The number of halogens is 2. The number of nitrogens with one attached hydrogen (secondary N) is 1. The molecule has 0 aromatic rings. The third-order valence-corrected chi connectivity index (χ3v) is 7.56. The number of hydrogen-bond acceptors (Lipinski definition) is 6. The van der Waals surface area contributed by atoms with E-state index in [9.17, 15) is 27.9 Å². The molecule has 1 fully saturated rings. The van der Waals surface area contributed by atoms with Gasteiger partial charge in [0.2, 0.25) is 11.8 Å². The maximum Gasteiger partial charge on any atom is 0.303 e. The van der Waals surface area contributed by atoms with Gasteiger partial charge in [-0.3, -0.25) is 14.4 Å². The highest BCUT2D eigenvalue weighted by Crippen LogP contribution is 2.30. The summed E-state index contributed by atoms with van der Waals surface area (Å²) in [6.45, 7) is 10.9. The van der Waals surface area contributed by atoms with Crippen molar-refractivity contribution in [1.29, 1.82) is 0 Å². The SMILES string of the molecule is C/C=C(O)\C(=C/C(C)Cl)CC1CNC(=O)C(CCC(=O)O)N(S(=O)(=O)C2=CC=C(C)CC=C2)C1=O.C=C.CCl. The first-order valence-electron chi connectivity index (χ1n) is 12.1. The van der Waals surface area contributed by atoms with Gasteiger partial charge in [0.15, 0.2) is 0 Å². The minimum absolute atomic E-state index is 0.0854. The average molecular weight is 606 g/mol. The molecule has 3 atom stereocenters. The molecular weight excluding hydrogens is 567 g/mol. The van der Waals surface area contributed by atoms with Crippen molar-refractivity contribution in [1.82, 2.24) is 9.62 Å². The lowest BCUT2D eigenvalue weighted by molar-refractivity contribution is -0.139. The Morgan fingerprint density at radius 3 is 2.41 bits per heavy atom. The second-order valence-corrected chi connectivity index (χ2v) is 11.0. The maximum absolute atomic E-state index is 13.7. The van der Waals surface area contributed by atoms with Crippen molar-refractivity contribution in [3.8, 4) is 0 Å². The number of rotatable bonds is 9. The predicted octanol–water partition coefficient (Wildman–Crippen LogP) is 4.98. The number of carbonyl (C=O) groups is 3. The number of aliphatic carboxylic acids is 1. The lowest BCUT2D eigenvalue weighted by Gasteiger charge is -2.29. The Bertz CT molecular complexity index is 1140. The zero-order chi connectivity index (χ0) is 30.3. The third kappa shape index (κ3) is 10.7. The van der Waals surface area contributed by atoms with Gasteiger partial charge in [-0.05, 0) is 63.8 Å². The van der Waals surface area contributed by atoms with Crippen molar-refractivity contribution in [2.24, 2.45) is 5.92 Å². The molecule has 39 heavy (non-hydrogen) atoms. The summed E-state index contributed by atoms with van der Waals surface area (Å²) < 4.78 is 27.9. The van der Waals surface area contributed by atoms with Gasteiger partial charge in [0.05, 0.1) is 10.8 Å². The largest absolute Gasteiger partial charge is 0.508 e. The normalized spacial score (nSPS) is 21.0. The molecule has 3 unspecified atom stereocenters. The van der Waals surface area contributed by atoms with Crippen LogP contribution in [0.15, 0.2) is 71.4 Å². The summed E-state index contributed by atoms with van der Waals surface area (Å²) in [6, 6.07) is -1.54. The lowest BCUT2D eigenvalue weighted by atomic mass is 9.96.